The second kappa shape index (κ2) is 13.6. The number of nitrogens with one attached hydrogen (secondary N) is 2. The number of rotatable bonds is 13. The van der Waals surface area contributed by atoms with Crippen LogP contribution in [0.1, 0.15) is 59.6 Å². The Morgan fingerprint density at radius 1 is 1.05 bits per heavy atom. The molecule has 1 aromatic heterocycles. The lowest BCUT2D eigenvalue weighted by Crippen LogP contribution is -2.31. The number of hydrogen-bond donors (Lipinski definition) is 2. The van der Waals surface area contributed by atoms with Gasteiger partial charge in [-0.3, -0.25) is 4.79 Å². The fourth-order valence-electron chi connectivity index (χ4n) is 4.45. The molecule has 1 amide bonds. The lowest BCUT2D eigenvalue weighted by Gasteiger charge is -2.29. The minimum Gasteiger partial charge on any atom is -0.492 e. The molecule has 0 spiro atoms. The molecular formula is C30H39N5O4S. The molecule has 0 aliphatic carbocycles. The average molecular weight is 566 g/mol. The Balaban J connectivity index is 1.78. The Kier molecular flexibility index (Phi) is 9.98. The largest absolute Gasteiger partial charge is 0.492 e. The van der Waals surface area contributed by atoms with Crippen molar-refractivity contribution in [2.24, 2.45) is 5.92 Å². The van der Waals surface area contributed by atoms with Crippen molar-refractivity contribution in [3.05, 3.63) is 59.3 Å². The number of carbonyl (C=O) groups is 1. The van der Waals surface area contributed by atoms with Gasteiger partial charge in [0.25, 0.3) is 5.91 Å². The number of hydrogen-bond acceptors (Lipinski definition) is 8. The molecule has 2 heterocycles. The van der Waals surface area contributed by atoms with Gasteiger partial charge in [0, 0.05) is 5.70 Å². The molecule has 0 bridgehead atoms. The van der Waals surface area contributed by atoms with E-state index in [1.807, 2.05) is 63.2 Å². The lowest BCUT2D eigenvalue weighted by atomic mass is 9.94. The van der Waals surface area contributed by atoms with E-state index in [1.165, 1.54) is 0 Å². The maximum atomic E-state index is 14.0. The van der Waals surface area contributed by atoms with Gasteiger partial charge in [0.2, 0.25) is 11.1 Å². The summed E-state index contributed by atoms with van der Waals surface area (Å²) in [5.41, 5.74) is 2.66. The molecule has 4 rings (SSSR count). The molecule has 1 aliphatic rings. The summed E-state index contributed by atoms with van der Waals surface area (Å²) in [6.45, 7) is 13.7. The maximum absolute atomic E-state index is 14.0. The standard InChI is InChI=1S/C30H39N5O4S/c1-7-37-23-13-11-10-12-22(23)32-28(36)26-20(6)31-29-33-30(40-9-3)34-35(29)27(26)21-14-15-24(38-8-2)25(18-21)39-17-16-19(4)5/h10-15,18-19,27H,7-9,16-17H2,1-6H3,(H,32,36)(H,31,33,34). The van der Waals surface area contributed by atoms with Gasteiger partial charge in [-0.1, -0.05) is 50.7 Å². The Morgan fingerprint density at radius 2 is 1.80 bits per heavy atom. The predicted molar refractivity (Wildman–Crippen MR) is 160 cm³/mol. The van der Waals surface area contributed by atoms with Crippen LogP contribution >= 0.6 is 11.8 Å². The molecule has 0 saturated heterocycles. The molecular weight excluding hydrogens is 526 g/mol. The first-order valence-corrected chi connectivity index (χ1v) is 14.8. The molecule has 2 aromatic carbocycles. The van der Waals surface area contributed by atoms with Crippen molar-refractivity contribution >= 4 is 29.3 Å². The summed E-state index contributed by atoms with van der Waals surface area (Å²) in [7, 11) is 0. The zero-order chi connectivity index (χ0) is 28.6. The van der Waals surface area contributed by atoms with Crippen LogP contribution in [-0.4, -0.2) is 46.2 Å². The van der Waals surface area contributed by atoms with E-state index >= 15 is 0 Å². The minimum atomic E-state index is -0.544. The van der Waals surface area contributed by atoms with Gasteiger partial charge >= 0.3 is 0 Å². The van der Waals surface area contributed by atoms with E-state index in [-0.39, 0.29) is 5.91 Å². The van der Waals surface area contributed by atoms with E-state index in [9.17, 15) is 4.79 Å². The quantitative estimate of drug-likeness (QED) is 0.225. The summed E-state index contributed by atoms with van der Waals surface area (Å²) in [6.07, 6.45) is 0.917. The predicted octanol–water partition coefficient (Wildman–Crippen LogP) is 6.54. The van der Waals surface area contributed by atoms with E-state index in [0.717, 1.165) is 17.7 Å². The molecule has 1 aliphatic heterocycles. The van der Waals surface area contributed by atoms with Crippen LogP contribution in [0.5, 0.6) is 17.2 Å². The van der Waals surface area contributed by atoms with Crippen LogP contribution in [0.25, 0.3) is 0 Å². The lowest BCUT2D eigenvalue weighted by molar-refractivity contribution is -0.113. The van der Waals surface area contributed by atoms with Gasteiger partial charge in [0.1, 0.15) is 11.8 Å². The molecule has 0 radical (unpaired) electrons. The van der Waals surface area contributed by atoms with Crippen LogP contribution in [0, 0.1) is 5.92 Å². The maximum Gasteiger partial charge on any atom is 0.255 e. The molecule has 1 unspecified atom stereocenters. The number of aromatic nitrogens is 3. The molecule has 10 heteroatoms. The van der Waals surface area contributed by atoms with Crippen molar-refractivity contribution < 1.29 is 19.0 Å². The van der Waals surface area contributed by atoms with Gasteiger partial charge < -0.3 is 24.8 Å². The SMILES string of the molecule is CCOc1ccccc1NC(=O)C1=C(C)Nc2nc(SCC)nn2C1c1ccc(OCC)c(OCCC(C)C)c1. The van der Waals surface area contributed by atoms with E-state index in [4.69, 9.17) is 19.3 Å². The smallest absolute Gasteiger partial charge is 0.255 e. The van der Waals surface area contributed by atoms with Gasteiger partial charge in [-0.05, 0) is 68.7 Å². The van der Waals surface area contributed by atoms with Gasteiger partial charge in [0.05, 0.1) is 31.1 Å². The van der Waals surface area contributed by atoms with Crippen molar-refractivity contribution in [3.8, 4) is 17.2 Å². The van der Waals surface area contributed by atoms with Crippen LogP contribution < -0.4 is 24.8 Å². The first-order valence-electron chi connectivity index (χ1n) is 13.9. The van der Waals surface area contributed by atoms with Gasteiger partial charge in [-0.15, -0.1) is 5.10 Å². The molecule has 214 valence electrons. The van der Waals surface area contributed by atoms with E-state index in [0.29, 0.717) is 71.0 Å². The molecule has 0 saturated carbocycles. The number of allylic oxidation sites excluding steroid dienone is 1. The number of nitrogens with zero attached hydrogens (tertiary/aromatic N) is 3. The second-order valence-corrected chi connectivity index (χ2v) is 10.9. The van der Waals surface area contributed by atoms with Crippen LogP contribution in [0.2, 0.25) is 0 Å². The monoisotopic (exact) mass is 565 g/mol. The number of carbonyl (C=O) groups excluding carboxylic acids is 1. The Morgan fingerprint density at radius 3 is 2.52 bits per heavy atom. The van der Waals surface area contributed by atoms with E-state index in [2.05, 4.69) is 36.4 Å². The summed E-state index contributed by atoms with van der Waals surface area (Å²) in [6, 6.07) is 12.7. The van der Waals surface area contributed by atoms with E-state index in [1.54, 1.807) is 16.4 Å². The van der Waals surface area contributed by atoms with Gasteiger partial charge in [-0.25, -0.2) is 4.68 Å². The molecule has 3 aromatic rings. The highest BCUT2D eigenvalue weighted by Gasteiger charge is 2.35. The Labute approximate surface area is 240 Å². The highest BCUT2D eigenvalue weighted by atomic mass is 32.2. The van der Waals surface area contributed by atoms with E-state index < -0.39 is 6.04 Å². The van der Waals surface area contributed by atoms with Crippen molar-refractivity contribution in [2.75, 3.05) is 36.2 Å². The fourth-order valence-corrected chi connectivity index (χ4v) is 5.01. The van der Waals surface area contributed by atoms with Crippen LogP contribution in [0.3, 0.4) is 0 Å². The molecule has 9 nitrogen and oxygen atoms in total. The fraction of sp³-hybridized carbons (Fsp3) is 0.433. The van der Waals surface area contributed by atoms with Crippen LogP contribution in [0.15, 0.2) is 58.9 Å². The highest BCUT2D eigenvalue weighted by molar-refractivity contribution is 7.99. The molecule has 2 N–H and O–H groups in total. The zero-order valence-electron chi connectivity index (χ0n) is 24.1. The molecule has 40 heavy (non-hydrogen) atoms. The van der Waals surface area contributed by atoms with Crippen molar-refractivity contribution in [1.29, 1.82) is 0 Å². The first kappa shape index (κ1) is 29.3. The summed E-state index contributed by atoms with van der Waals surface area (Å²) in [4.78, 5) is 18.7. The summed E-state index contributed by atoms with van der Waals surface area (Å²) >= 11 is 1.55. The third-order valence-electron chi connectivity index (χ3n) is 6.32. The molecule has 0 fully saturated rings. The Hall–Kier alpha value is -3.66. The second-order valence-electron chi connectivity index (χ2n) is 9.72. The highest BCUT2D eigenvalue weighted by Crippen LogP contribution is 2.40. The Bertz CT molecular complexity index is 1350. The number of benzene rings is 2. The first-order chi connectivity index (χ1) is 19.4. The van der Waals surface area contributed by atoms with Crippen LogP contribution in [-0.2, 0) is 4.79 Å². The number of fused-ring (bicyclic) bond motifs is 1. The minimum absolute atomic E-state index is 0.260. The number of anilines is 2. The molecule has 1 atom stereocenters. The third kappa shape index (κ3) is 6.72. The van der Waals surface area contributed by atoms with Crippen LogP contribution in [0.4, 0.5) is 11.6 Å². The van der Waals surface area contributed by atoms with Gasteiger partial charge in [0.15, 0.2) is 11.5 Å². The normalized spacial score (nSPS) is 14.5. The number of ether oxygens (including phenoxy) is 3. The van der Waals surface area contributed by atoms with Gasteiger partial charge in [-0.2, -0.15) is 4.98 Å². The summed E-state index contributed by atoms with van der Waals surface area (Å²) in [5.74, 6) is 3.59. The topological polar surface area (TPSA) is 99.5 Å². The van der Waals surface area contributed by atoms with Crippen molar-refractivity contribution in [3.63, 3.8) is 0 Å². The summed E-state index contributed by atoms with van der Waals surface area (Å²) < 4.78 is 19.6. The number of thioether (sulfide) groups is 1. The average Bonchev–Trinajstić information content (AvgIpc) is 3.32. The zero-order valence-corrected chi connectivity index (χ0v) is 24.9. The van der Waals surface area contributed by atoms with Crippen molar-refractivity contribution in [1.82, 2.24) is 14.8 Å². The third-order valence-corrected chi connectivity index (χ3v) is 7.04. The summed E-state index contributed by atoms with van der Waals surface area (Å²) in [5, 5.41) is 11.8. The number of para-hydroxylation sites is 2. The van der Waals surface area contributed by atoms with Crippen molar-refractivity contribution in [2.45, 2.75) is 59.2 Å². The number of amides is 1.